The zero-order chi connectivity index (χ0) is 19.7. The van der Waals surface area contributed by atoms with Gasteiger partial charge in [0.15, 0.2) is 11.6 Å². The highest BCUT2D eigenvalue weighted by molar-refractivity contribution is 6.05. The Balaban J connectivity index is 1.56. The van der Waals surface area contributed by atoms with E-state index in [4.69, 9.17) is 4.74 Å². The molecule has 0 aliphatic carbocycles. The van der Waals surface area contributed by atoms with E-state index in [1.54, 1.807) is 21.7 Å². The number of aromatic nitrogens is 3. The van der Waals surface area contributed by atoms with Gasteiger partial charge in [-0.15, -0.1) is 0 Å². The molecule has 8 heteroatoms. The molecule has 0 atom stereocenters. The average molecular weight is 381 g/mol. The number of benzene rings is 1. The fourth-order valence-electron chi connectivity index (χ4n) is 3.05. The molecular weight excluding hydrogens is 361 g/mol. The second-order valence-electron chi connectivity index (χ2n) is 6.67. The molecule has 144 valence electrons. The molecule has 1 aromatic carbocycles. The molecule has 1 aliphatic rings. The maximum atomic E-state index is 14.4. The number of amides is 1. The van der Waals surface area contributed by atoms with Crippen LogP contribution in [-0.2, 0) is 13.2 Å². The van der Waals surface area contributed by atoms with Crippen LogP contribution in [0, 0.1) is 5.82 Å². The summed E-state index contributed by atoms with van der Waals surface area (Å²) in [5.74, 6) is 0.491. The zero-order valence-corrected chi connectivity index (χ0v) is 15.7. The van der Waals surface area contributed by atoms with Gasteiger partial charge in [0, 0.05) is 20.6 Å². The quantitative estimate of drug-likeness (QED) is 0.680. The lowest BCUT2D eigenvalue weighted by Crippen LogP contribution is -2.41. The first kappa shape index (κ1) is 18.0. The van der Waals surface area contributed by atoms with E-state index in [0.29, 0.717) is 30.3 Å². The largest absolute Gasteiger partial charge is 0.487 e. The molecule has 3 aromatic rings. The molecule has 0 fully saturated rings. The van der Waals surface area contributed by atoms with Crippen molar-refractivity contribution in [2.75, 3.05) is 30.4 Å². The van der Waals surface area contributed by atoms with Crippen molar-refractivity contribution in [1.82, 2.24) is 14.8 Å². The van der Waals surface area contributed by atoms with Crippen molar-refractivity contribution in [3.05, 3.63) is 65.7 Å². The van der Waals surface area contributed by atoms with Gasteiger partial charge in [-0.2, -0.15) is 5.10 Å². The number of hydrogen-bond donors (Lipinski definition) is 0. The minimum atomic E-state index is -0.528. The second-order valence-corrected chi connectivity index (χ2v) is 6.67. The highest BCUT2D eigenvalue weighted by Gasteiger charge is 2.30. The van der Waals surface area contributed by atoms with Crippen molar-refractivity contribution in [1.29, 1.82) is 0 Å². The number of rotatable bonds is 5. The standard InChI is InChI=1S/C20H20FN5O2/c1-24(2)18-9-8-16(21)19(22-18)25-10-11-26-17(20(25)27)12-14(23-26)13-28-15-6-4-3-5-7-15/h3-9,12H,10-11,13H2,1-2H3. The van der Waals surface area contributed by atoms with Crippen molar-refractivity contribution in [3.8, 4) is 5.75 Å². The van der Waals surface area contributed by atoms with Crippen LogP contribution in [0.3, 0.4) is 0 Å². The maximum absolute atomic E-state index is 14.4. The summed E-state index contributed by atoms with van der Waals surface area (Å²) in [4.78, 5) is 20.4. The van der Waals surface area contributed by atoms with Crippen LogP contribution in [0.1, 0.15) is 16.2 Å². The van der Waals surface area contributed by atoms with Gasteiger partial charge in [0.2, 0.25) is 0 Å². The van der Waals surface area contributed by atoms with Crippen molar-refractivity contribution >= 4 is 17.5 Å². The van der Waals surface area contributed by atoms with Gasteiger partial charge in [0.05, 0.1) is 6.54 Å². The van der Waals surface area contributed by atoms with Crippen LogP contribution in [0.25, 0.3) is 0 Å². The predicted octanol–water partition coefficient (Wildman–Crippen LogP) is 2.72. The summed E-state index contributed by atoms with van der Waals surface area (Å²) in [5.41, 5.74) is 1.04. The lowest BCUT2D eigenvalue weighted by Gasteiger charge is -2.27. The number of halogens is 1. The third kappa shape index (κ3) is 3.40. The van der Waals surface area contributed by atoms with Gasteiger partial charge in [0.1, 0.15) is 29.6 Å². The van der Waals surface area contributed by atoms with Crippen LogP contribution in [0.15, 0.2) is 48.5 Å². The third-order valence-corrected chi connectivity index (χ3v) is 4.49. The number of fused-ring (bicyclic) bond motifs is 1. The number of anilines is 2. The van der Waals surface area contributed by atoms with Crippen LogP contribution in [0.2, 0.25) is 0 Å². The van der Waals surface area contributed by atoms with E-state index in [9.17, 15) is 9.18 Å². The van der Waals surface area contributed by atoms with Gasteiger partial charge in [-0.3, -0.25) is 14.4 Å². The van der Waals surface area contributed by atoms with Gasteiger partial charge < -0.3 is 9.64 Å². The van der Waals surface area contributed by atoms with Gasteiger partial charge >= 0.3 is 0 Å². The Morgan fingerprint density at radius 1 is 1.14 bits per heavy atom. The van der Waals surface area contributed by atoms with E-state index >= 15 is 0 Å². The number of nitrogens with zero attached hydrogens (tertiary/aromatic N) is 5. The Morgan fingerprint density at radius 3 is 2.68 bits per heavy atom. The van der Waals surface area contributed by atoms with Crippen LogP contribution in [0.5, 0.6) is 5.75 Å². The van der Waals surface area contributed by atoms with Crippen LogP contribution < -0.4 is 14.5 Å². The molecule has 0 N–H and O–H groups in total. The van der Waals surface area contributed by atoms with E-state index in [-0.39, 0.29) is 18.3 Å². The van der Waals surface area contributed by atoms with Gasteiger partial charge in [-0.1, -0.05) is 18.2 Å². The first-order valence-corrected chi connectivity index (χ1v) is 8.93. The molecule has 2 aromatic heterocycles. The SMILES string of the molecule is CN(C)c1ccc(F)c(N2CCn3nc(COc4ccccc4)cc3C2=O)n1. The highest BCUT2D eigenvalue weighted by atomic mass is 19.1. The molecule has 0 spiro atoms. The molecule has 1 amide bonds. The smallest absolute Gasteiger partial charge is 0.277 e. The minimum absolute atomic E-state index is 0.0331. The molecule has 0 saturated carbocycles. The van der Waals surface area contributed by atoms with E-state index < -0.39 is 5.82 Å². The first-order chi connectivity index (χ1) is 13.5. The zero-order valence-electron chi connectivity index (χ0n) is 15.7. The Kier molecular flexibility index (Phi) is 4.68. The van der Waals surface area contributed by atoms with Crippen molar-refractivity contribution < 1.29 is 13.9 Å². The van der Waals surface area contributed by atoms with Crippen molar-refractivity contribution in [2.24, 2.45) is 0 Å². The van der Waals surface area contributed by atoms with Crippen LogP contribution >= 0.6 is 0 Å². The molecule has 0 unspecified atom stereocenters. The molecule has 3 heterocycles. The number of pyridine rings is 1. The molecule has 4 rings (SSSR count). The number of carbonyl (C=O) groups excluding carboxylic acids is 1. The van der Waals surface area contributed by atoms with E-state index in [1.807, 2.05) is 44.4 Å². The second kappa shape index (κ2) is 7.30. The summed E-state index contributed by atoms with van der Waals surface area (Å²) < 4.78 is 21.7. The number of para-hydroxylation sites is 1. The van der Waals surface area contributed by atoms with Gasteiger partial charge in [0.25, 0.3) is 5.91 Å². The molecular formula is C20H20FN5O2. The number of ether oxygens (including phenoxy) is 1. The monoisotopic (exact) mass is 381 g/mol. The Hall–Kier alpha value is -3.42. The first-order valence-electron chi connectivity index (χ1n) is 8.93. The van der Waals surface area contributed by atoms with Crippen molar-refractivity contribution in [3.63, 3.8) is 0 Å². The third-order valence-electron chi connectivity index (χ3n) is 4.49. The summed E-state index contributed by atoms with van der Waals surface area (Å²) in [6.45, 7) is 1.01. The lowest BCUT2D eigenvalue weighted by molar-refractivity contribution is 0.0960. The topological polar surface area (TPSA) is 63.5 Å². The summed E-state index contributed by atoms with van der Waals surface area (Å²) in [6.07, 6.45) is 0. The Labute approximate surface area is 162 Å². The Morgan fingerprint density at radius 2 is 1.93 bits per heavy atom. The molecule has 0 saturated heterocycles. The summed E-state index contributed by atoms with van der Waals surface area (Å²) in [5, 5.41) is 4.43. The van der Waals surface area contributed by atoms with Crippen LogP contribution in [-0.4, -0.2) is 41.3 Å². The summed E-state index contributed by atoms with van der Waals surface area (Å²) >= 11 is 0. The summed E-state index contributed by atoms with van der Waals surface area (Å²) in [6, 6.07) is 14.0. The van der Waals surface area contributed by atoms with Crippen molar-refractivity contribution in [2.45, 2.75) is 13.2 Å². The van der Waals surface area contributed by atoms with E-state index in [2.05, 4.69) is 10.1 Å². The fourth-order valence-corrected chi connectivity index (χ4v) is 3.05. The fraction of sp³-hybridized carbons (Fsp3) is 0.250. The molecule has 7 nitrogen and oxygen atoms in total. The van der Waals surface area contributed by atoms with Gasteiger partial charge in [-0.25, -0.2) is 9.37 Å². The number of carbonyl (C=O) groups is 1. The normalized spacial score (nSPS) is 13.4. The van der Waals surface area contributed by atoms with E-state index in [0.717, 1.165) is 5.75 Å². The molecule has 0 radical (unpaired) electrons. The summed E-state index contributed by atoms with van der Waals surface area (Å²) in [7, 11) is 3.63. The van der Waals surface area contributed by atoms with Gasteiger partial charge in [-0.05, 0) is 30.3 Å². The molecule has 0 bridgehead atoms. The molecule has 1 aliphatic heterocycles. The Bertz CT molecular complexity index is 1000. The minimum Gasteiger partial charge on any atom is -0.487 e. The predicted molar refractivity (Wildman–Crippen MR) is 103 cm³/mol. The lowest BCUT2D eigenvalue weighted by atomic mass is 10.2. The average Bonchev–Trinajstić information content (AvgIpc) is 3.12. The number of hydrogen-bond acceptors (Lipinski definition) is 5. The molecule has 28 heavy (non-hydrogen) atoms. The highest BCUT2D eigenvalue weighted by Crippen LogP contribution is 2.25. The maximum Gasteiger partial charge on any atom is 0.277 e. The van der Waals surface area contributed by atoms with E-state index in [1.165, 1.54) is 11.0 Å². The van der Waals surface area contributed by atoms with Crippen LogP contribution in [0.4, 0.5) is 16.0 Å².